The van der Waals surface area contributed by atoms with Crippen molar-refractivity contribution in [2.45, 2.75) is 33.1 Å². The highest BCUT2D eigenvalue weighted by atomic mass is 127. The van der Waals surface area contributed by atoms with Crippen molar-refractivity contribution < 1.29 is 4.74 Å². The molecule has 0 aliphatic carbocycles. The van der Waals surface area contributed by atoms with Crippen LogP contribution in [0.3, 0.4) is 0 Å². The quantitative estimate of drug-likeness (QED) is 0.237. The van der Waals surface area contributed by atoms with Crippen LogP contribution in [-0.2, 0) is 6.42 Å². The second kappa shape index (κ2) is 12.9. The monoisotopic (exact) mass is 544 g/mol. The largest absolute Gasteiger partial charge is 0.494 e. The van der Waals surface area contributed by atoms with E-state index in [0.29, 0.717) is 0 Å². The first-order valence-electron chi connectivity index (χ1n) is 10.4. The van der Waals surface area contributed by atoms with Crippen LogP contribution in [0, 0.1) is 6.92 Å². The van der Waals surface area contributed by atoms with Gasteiger partial charge in [0.15, 0.2) is 5.96 Å². The van der Waals surface area contributed by atoms with Gasteiger partial charge in [-0.3, -0.25) is 4.99 Å². The van der Waals surface area contributed by atoms with Crippen LogP contribution in [0.2, 0.25) is 0 Å². The zero-order valence-corrected chi connectivity index (χ0v) is 21.3. The SMILES string of the molecule is CCc1nsc(N2CCN(C(=NC)NCCCCOc3ccc(C)cc3)CC2)n1.I. The summed E-state index contributed by atoms with van der Waals surface area (Å²) in [5.41, 5.74) is 1.25. The van der Waals surface area contributed by atoms with Crippen molar-refractivity contribution in [2.75, 3.05) is 51.3 Å². The number of nitrogens with zero attached hydrogens (tertiary/aromatic N) is 5. The van der Waals surface area contributed by atoms with Gasteiger partial charge in [0.25, 0.3) is 0 Å². The maximum Gasteiger partial charge on any atom is 0.205 e. The standard InChI is InChI=1S/C21H32N6OS.HI/c1-4-19-24-21(29-25-19)27-14-12-26(13-15-27)20(22-3)23-11-5-6-16-28-18-9-7-17(2)8-10-18;/h7-10H,4-6,11-16H2,1-3H3,(H,22,23);1H. The zero-order chi connectivity index (χ0) is 20.5. The van der Waals surface area contributed by atoms with E-state index in [1.165, 1.54) is 17.1 Å². The van der Waals surface area contributed by atoms with Crippen molar-refractivity contribution in [1.82, 2.24) is 19.6 Å². The van der Waals surface area contributed by atoms with Crippen LogP contribution in [0.25, 0.3) is 0 Å². The molecule has 3 rings (SSSR count). The maximum absolute atomic E-state index is 5.79. The number of aryl methyl sites for hydroxylation is 2. The van der Waals surface area contributed by atoms with Crippen molar-refractivity contribution in [3.05, 3.63) is 35.7 Å². The fourth-order valence-electron chi connectivity index (χ4n) is 3.21. The van der Waals surface area contributed by atoms with E-state index in [2.05, 4.69) is 55.4 Å². The summed E-state index contributed by atoms with van der Waals surface area (Å²) in [7, 11) is 1.85. The predicted octanol–water partition coefficient (Wildman–Crippen LogP) is 3.58. The molecule has 0 amide bonds. The average molecular weight is 545 g/mol. The molecule has 9 heteroatoms. The van der Waals surface area contributed by atoms with Crippen LogP contribution in [0.1, 0.15) is 31.2 Å². The molecule has 1 aliphatic rings. The molecule has 1 aromatic heterocycles. The lowest BCUT2D eigenvalue weighted by Gasteiger charge is -2.36. The Balaban J connectivity index is 0.00000320. The number of nitrogens with one attached hydrogen (secondary N) is 1. The van der Waals surface area contributed by atoms with Gasteiger partial charge in [0.05, 0.1) is 6.61 Å². The zero-order valence-electron chi connectivity index (χ0n) is 18.1. The highest BCUT2D eigenvalue weighted by molar-refractivity contribution is 14.0. The summed E-state index contributed by atoms with van der Waals surface area (Å²) in [4.78, 5) is 13.7. The van der Waals surface area contributed by atoms with Gasteiger partial charge < -0.3 is 19.9 Å². The lowest BCUT2D eigenvalue weighted by Crippen LogP contribution is -2.52. The van der Waals surface area contributed by atoms with E-state index in [9.17, 15) is 0 Å². The van der Waals surface area contributed by atoms with E-state index in [1.54, 1.807) is 0 Å². The molecule has 0 bridgehead atoms. The second-order valence-corrected chi connectivity index (χ2v) is 7.89. The fraction of sp³-hybridized carbons (Fsp3) is 0.571. The number of hydrogen-bond acceptors (Lipinski definition) is 6. The minimum atomic E-state index is 0. The molecule has 0 unspecified atom stereocenters. The Bertz CT molecular complexity index is 774. The number of aliphatic imine (C=N–C) groups is 1. The van der Waals surface area contributed by atoms with E-state index in [1.807, 2.05) is 19.2 Å². The maximum atomic E-state index is 5.79. The van der Waals surface area contributed by atoms with Crippen LogP contribution in [0.4, 0.5) is 5.13 Å². The molecule has 2 aromatic rings. The molecular weight excluding hydrogens is 511 g/mol. The van der Waals surface area contributed by atoms with Gasteiger partial charge in [0.1, 0.15) is 11.6 Å². The Kier molecular flexibility index (Phi) is 10.6. The molecule has 0 atom stereocenters. The van der Waals surface area contributed by atoms with E-state index < -0.39 is 0 Å². The molecule has 2 heterocycles. The Morgan fingerprint density at radius 1 is 1.17 bits per heavy atom. The Morgan fingerprint density at radius 2 is 1.90 bits per heavy atom. The van der Waals surface area contributed by atoms with Crippen molar-refractivity contribution in [1.29, 1.82) is 0 Å². The molecule has 0 radical (unpaired) electrons. The van der Waals surface area contributed by atoms with Gasteiger partial charge in [0.2, 0.25) is 5.13 Å². The second-order valence-electron chi connectivity index (χ2n) is 7.16. The Labute approximate surface area is 201 Å². The first-order chi connectivity index (χ1) is 14.2. The van der Waals surface area contributed by atoms with Crippen LogP contribution >= 0.6 is 35.5 Å². The summed E-state index contributed by atoms with van der Waals surface area (Å²) in [5.74, 6) is 2.87. The summed E-state index contributed by atoms with van der Waals surface area (Å²) in [6.07, 6.45) is 2.96. The summed E-state index contributed by atoms with van der Waals surface area (Å²) in [5, 5.41) is 4.53. The van der Waals surface area contributed by atoms with Gasteiger partial charge in [-0.15, -0.1) is 24.0 Å². The van der Waals surface area contributed by atoms with Gasteiger partial charge in [0, 0.05) is 57.7 Å². The topological polar surface area (TPSA) is 65.9 Å². The highest BCUT2D eigenvalue weighted by Crippen LogP contribution is 2.19. The number of hydrogen-bond donors (Lipinski definition) is 1. The minimum absolute atomic E-state index is 0. The van der Waals surface area contributed by atoms with Crippen molar-refractivity contribution >= 4 is 46.6 Å². The van der Waals surface area contributed by atoms with Crippen LogP contribution in [-0.4, -0.2) is 66.6 Å². The third kappa shape index (κ3) is 7.26. The van der Waals surface area contributed by atoms with Crippen molar-refractivity contribution in [3.63, 3.8) is 0 Å². The number of piperazine rings is 1. The van der Waals surface area contributed by atoms with Crippen LogP contribution in [0.5, 0.6) is 5.75 Å². The van der Waals surface area contributed by atoms with Gasteiger partial charge >= 0.3 is 0 Å². The number of aromatic nitrogens is 2. The van der Waals surface area contributed by atoms with E-state index >= 15 is 0 Å². The first-order valence-corrected chi connectivity index (χ1v) is 11.2. The predicted molar refractivity (Wildman–Crippen MR) is 136 cm³/mol. The lowest BCUT2D eigenvalue weighted by molar-refractivity contribution is 0.306. The van der Waals surface area contributed by atoms with E-state index in [4.69, 9.17) is 4.74 Å². The third-order valence-corrected chi connectivity index (χ3v) is 5.79. The molecule has 1 saturated heterocycles. The van der Waals surface area contributed by atoms with E-state index in [-0.39, 0.29) is 24.0 Å². The summed E-state index contributed by atoms with van der Waals surface area (Å²) in [6, 6.07) is 8.21. The number of rotatable bonds is 8. The van der Waals surface area contributed by atoms with Crippen molar-refractivity contribution in [3.8, 4) is 5.75 Å². The minimum Gasteiger partial charge on any atom is -0.494 e. The summed E-state index contributed by atoms with van der Waals surface area (Å²) in [6.45, 7) is 9.60. The Hall–Kier alpha value is -1.62. The summed E-state index contributed by atoms with van der Waals surface area (Å²) >= 11 is 1.51. The lowest BCUT2D eigenvalue weighted by atomic mass is 10.2. The molecule has 1 aliphatic heterocycles. The number of guanidine groups is 1. The number of ether oxygens (including phenoxy) is 1. The molecule has 7 nitrogen and oxygen atoms in total. The van der Waals surface area contributed by atoms with Gasteiger partial charge in [-0.25, -0.2) is 4.98 Å². The van der Waals surface area contributed by atoms with Gasteiger partial charge in [-0.1, -0.05) is 24.6 Å². The number of anilines is 1. The molecule has 0 spiro atoms. The molecule has 1 N–H and O–H groups in total. The smallest absolute Gasteiger partial charge is 0.205 e. The average Bonchev–Trinajstić information content (AvgIpc) is 3.24. The number of halogens is 1. The number of unbranched alkanes of at least 4 members (excludes halogenated alkanes) is 1. The molecular formula is C21H33IN6OS. The van der Waals surface area contributed by atoms with E-state index in [0.717, 1.165) is 81.3 Å². The third-order valence-electron chi connectivity index (χ3n) is 4.98. The molecule has 0 saturated carbocycles. The number of benzene rings is 1. The van der Waals surface area contributed by atoms with Crippen LogP contribution in [0.15, 0.2) is 29.3 Å². The van der Waals surface area contributed by atoms with Gasteiger partial charge in [-0.05, 0) is 31.9 Å². The molecule has 1 aromatic carbocycles. The Morgan fingerprint density at radius 3 is 2.53 bits per heavy atom. The fourth-order valence-corrected chi connectivity index (χ4v) is 4.01. The normalized spacial score (nSPS) is 14.4. The molecule has 1 fully saturated rings. The highest BCUT2D eigenvalue weighted by Gasteiger charge is 2.21. The van der Waals surface area contributed by atoms with Crippen LogP contribution < -0.4 is 15.0 Å². The first kappa shape index (κ1) is 24.6. The summed E-state index contributed by atoms with van der Waals surface area (Å²) < 4.78 is 10.2. The molecule has 30 heavy (non-hydrogen) atoms. The van der Waals surface area contributed by atoms with Gasteiger partial charge in [-0.2, -0.15) is 4.37 Å². The molecule has 166 valence electrons. The van der Waals surface area contributed by atoms with Crippen molar-refractivity contribution in [2.24, 2.45) is 4.99 Å².